The highest BCUT2D eigenvalue weighted by Crippen LogP contribution is 2.23. The molecule has 0 bridgehead atoms. The first-order chi connectivity index (χ1) is 17.4. The smallest absolute Gasteiger partial charge is 0.243 e. The molecule has 36 heavy (non-hydrogen) atoms. The zero-order valence-corrected chi connectivity index (χ0v) is 22.2. The van der Waals surface area contributed by atoms with Crippen LogP contribution in [0.15, 0.2) is 78.9 Å². The quantitative estimate of drug-likeness (QED) is 0.303. The topological polar surface area (TPSA) is 49.4 Å². The first-order valence-corrected chi connectivity index (χ1v) is 13.6. The second-order valence-corrected chi connectivity index (χ2v) is 10.1. The Balaban J connectivity index is 1.87. The van der Waals surface area contributed by atoms with E-state index in [-0.39, 0.29) is 30.2 Å². The first-order valence-electron chi connectivity index (χ1n) is 12.1. The van der Waals surface area contributed by atoms with Crippen LogP contribution in [0.4, 0.5) is 4.39 Å². The molecular weight excluding hydrogens is 495 g/mol. The molecule has 7 heteroatoms. The van der Waals surface area contributed by atoms with Gasteiger partial charge in [-0.2, -0.15) is 0 Å². The Kier molecular flexibility index (Phi) is 10.8. The Hall–Kier alpha value is -2.83. The number of halogens is 2. The summed E-state index contributed by atoms with van der Waals surface area (Å²) in [6.07, 6.45) is 1.09. The molecule has 0 aliphatic rings. The summed E-state index contributed by atoms with van der Waals surface area (Å²) in [6.45, 7) is 3.92. The minimum atomic E-state index is -0.783. The standard InChI is InChI=1S/C29H32ClFN2O2S/c1-3-21(2)32-29(35)27(17-22-11-5-4-6-12-22)33(18-23-13-8-10-16-26(23)31)28(34)20-36-19-24-14-7-9-15-25(24)30/h4-16,21,27H,3,17-20H2,1-2H3,(H,32,35). The fourth-order valence-electron chi connectivity index (χ4n) is 3.75. The van der Waals surface area contributed by atoms with E-state index >= 15 is 0 Å². The first kappa shape index (κ1) is 27.8. The lowest BCUT2D eigenvalue weighted by Gasteiger charge is -2.32. The van der Waals surface area contributed by atoms with Crippen molar-refractivity contribution in [2.24, 2.45) is 0 Å². The summed E-state index contributed by atoms with van der Waals surface area (Å²) in [5, 5.41) is 3.67. The van der Waals surface area contributed by atoms with Crippen molar-refractivity contribution in [3.63, 3.8) is 0 Å². The van der Waals surface area contributed by atoms with E-state index in [0.717, 1.165) is 17.5 Å². The fourth-order valence-corrected chi connectivity index (χ4v) is 4.95. The lowest BCUT2D eigenvalue weighted by Crippen LogP contribution is -2.52. The van der Waals surface area contributed by atoms with Crippen LogP contribution in [0, 0.1) is 5.82 Å². The minimum Gasteiger partial charge on any atom is -0.352 e. The van der Waals surface area contributed by atoms with Crippen LogP contribution >= 0.6 is 23.4 Å². The van der Waals surface area contributed by atoms with Crippen LogP contribution in [0.3, 0.4) is 0 Å². The molecular formula is C29H32ClFN2O2S. The zero-order chi connectivity index (χ0) is 25.9. The van der Waals surface area contributed by atoms with Crippen LogP contribution in [0.5, 0.6) is 0 Å². The third kappa shape index (κ3) is 8.10. The molecule has 0 spiro atoms. The number of hydrogen-bond acceptors (Lipinski definition) is 3. The SMILES string of the molecule is CCC(C)NC(=O)C(Cc1ccccc1)N(Cc1ccccc1F)C(=O)CSCc1ccccc1Cl. The second-order valence-electron chi connectivity index (χ2n) is 8.72. The molecule has 3 aromatic rings. The summed E-state index contributed by atoms with van der Waals surface area (Å²) < 4.78 is 14.6. The van der Waals surface area contributed by atoms with Crippen LogP contribution in [0.25, 0.3) is 0 Å². The fraction of sp³-hybridized carbons (Fsp3) is 0.310. The van der Waals surface area contributed by atoms with Gasteiger partial charge < -0.3 is 10.2 Å². The van der Waals surface area contributed by atoms with Crippen LogP contribution in [0.2, 0.25) is 5.02 Å². The number of carbonyl (C=O) groups excluding carboxylic acids is 2. The largest absolute Gasteiger partial charge is 0.352 e. The highest BCUT2D eigenvalue weighted by molar-refractivity contribution is 7.99. The number of hydrogen-bond donors (Lipinski definition) is 1. The monoisotopic (exact) mass is 526 g/mol. The van der Waals surface area contributed by atoms with E-state index in [1.807, 2.05) is 68.4 Å². The lowest BCUT2D eigenvalue weighted by atomic mass is 10.0. The maximum atomic E-state index is 14.6. The molecule has 0 heterocycles. The summed E-state index contributed by atoms with van der Waals surface area (Å²) in [7, 11) is 0. The zero-order valence-electron chi connectivity index (χ0n) is 20.6. The van der Waals surface area contributed by atoms with Crippen LogP contribution < -0.4 is 5.32 Å². The number of benzene rings is 3. The number of nitrogens with one attached hydrogen (secondary N) is 1. The second kappa shape index (κ2) is 14.0. The van der Waals surface area contributed by atoms with Gasteiger partial charge in [0.25, 0.3) is 0 Å². The molecule has 3 aromatic carbocycles. The molecule has 2 atom stereocenters. The van der Waals surface area contributed by atoms with Crippen molar-refractivity contribution in [2.45, 2.75) is 51.1 Å². The molecule has 3 rings (SSSR count). The van der Waals surface area contributed by atoms with Crippen molar-refractivity contribution in [3.8, 4) is 0 Å². The van der Waals surface area contributed by atoms with E-state index in [2.05, 4.69) is 5.32 Å². The van der Waals surface area contributed by atoms with Gasteiger partial charge in [-0.05, 0) is 36.6 Å². The van der Waals surface area contributed by atoms with Gasteiger partial charge >= 0.3 is 0 Å². The number of amides is 2. The van der Waals surface area contributed by atoms with Gasteiger partial charge in [0.1, 0.15) is 11.9 Å². The van der Waals surface area contributed by atoms with Gasteiger partial charge in [0.05, 0.1) is 5.75 Å². The van der Waals surface area contributed by atoms with Gasteiger partial charge in [-0.3, -0.25) is 9.59 Å². The molecule has 0 saturated carbocycles. The number of nitrogens with zero attached hydrogens (tertiary/aromatic N) is 1. The van der Waals surface area contributed by atoms with Crippen LogP contribution in [-0.2, 0) is 28.3 Å². The average Bonchev–Trinajstić information content (AvgIpc) is 2.88. The predicted octanol–water partition coefficient (Wildman–Crippen LogP) is 6.27. The summed E-state index contributed by atoms with van der Waals surface area (Å²) in [4.78, 5) is 28.6. The molecule has 4 nitrogen and oxygen atoms in total. The molecule has 2 amide bonds. The van der Waals surface area contributed by atoms with E-state index < -0.39 is 11.9 Å². The molecule has 0 radical (unpaired) electrons. The third-order valence-electron chi connectivity index (χ3n) is 6.01. The van der Waals surface area contributed by atoms with Crippen molar-refractivity contribution in [1.82, 2.24) is 10.2 Å². The van der Waals surface area contributed by atoms with Crippen molar-refractivity contribution in [1.29, 1.82) is 0 Å². The van der Waals surface area contributed by atoms with Crippen LogP contribution in [-0.4, -0.2) is 34.6 Å². The molecule has 0 saturated heterocycles. The Morgan fingerprint density at radius 1 is 0.972 bits per heavy atom. The normalized spacial score (nSPS) is 12.6. The molecule has 190 valence electrons. The highest BCUT2D eigenvalue weighted by atomic mass is 35.5. The number of carbonyl (C=O) groups is 2. The van der Waals surface area contributed by atoms with Gasteiger partial charge in [-0.1, -0.05) is 85.3 Å². The van der Waals surface area contributed by atoms with Crippen molar-refractivity contribution in [3.05, 3.63) is 106 Å². The molecule has 0 aromatic heterocycles. The van der Waals surface area contributed by atoms with Gasteiger partial charge in [-0.15, -0.1) is 11.8 Å². The van der Waals surface area contributed by atoms with Crippen LogP contribution in [0.1, 0.15) is 37.0 Å². The van der Waals surface area contributed by atoms with E-state index in [1.54, 1.807) is 18.2 Å². The summed E-state index contributed by atoms with van der Waals surface area (Å²) >= 11 is 7.69. The molecule has 0 aliphatic heterocycles. The van der Waals surface area contributed by atoms with E-state index in [0.29, 0.717) is 22.8 Å². The van der Waals surface area contributed by atoms with Crippen molar-refractivity contribution in [2.75, 3.05) is 5.75 Å². The predicted molar refractivity (Wildman–Crippen MR) is 146 cm³/mol. The van der Waals surface area contributed by atoms with Gasteiger partial charge in [-0.25, -0.2) is 4.39 Å². The van der Waals surface area contributed by atoms with Crippen molar-refractivity contribution < 1.29 is 14.0 Å². The summed E-state index contributed by atoms with van der Waals surface area (Å²) in [6, 6.07) is 22.6. The Morgan fingerprint density at radius 3 is 2.28 bits per heavy atom. The molecule has 2 unspecified atom stereocenters. The lowest BCUT2D eigenvalue weighted by molar-refractivity contribution is -0.139. The maximum Gasteiger partial charge on any atom is 0.243 e. The maximum absolute atomic E-state index is 14.6. The molecule has 0 aliphatic carbocycles. The molecule has 0 fully saturated rings. The minimum absolute atomic E-state index is 0.00356. The van der Waals surface area contributed by atoms with E-state index in [9.17, 15) is 14.0 Å². The number of thioether (sulfide) groups is 1. The Bertz CT molecular complexity index is 1140. The Labute approximate surface area is 222 Å². The van der Waals surface area contributed by atoms with Gasteiger partial charge in [0, 0.05) is 35.3 Å². The summed E-state index contributed by atoms with van der Waals surface area (Å²) in [5.41, 5.74) is 2.24. The van der Waals surface area contributed by atoms with Gasteiger partial charge in [0.15, 0.2) is 0 Å². The number of rotatable bonds is 12. The average molecular weight is 527 g/mol. The van der Waals surface area contributed by atoms with Gasteiger partial charge in [0.2, 0.25) is 11.8 Å². The van der Waals surface area contributed by atoms with E-state index in [1.165, 1.54) is 22.7 Å². The summed E-state index contributed by atoms with van der Waals surface area (Å²) in [5.74, 6) is -0.174. The molecule has 1 N–H and O–H groups in total. The van der Waals surface area contributed by atoms with E-state index in [4.69, 9.17) is 11.6 Å². The van der Waals surface area contributed by atoms with Crippen molar-refractivity contribution >= 4 is 35.2 Å². The highest BCUT2D eigenvalue weighted by Gasteiger charge is 2.31. The third-order valence-corrected chi connectivity index (χ3v) is 7.35. The Morgan fingerprint density at radius 2 is 1.61 bits per heavy atom.